The van der Waals surface area contributed by atoms with E-state index in [9.17, 15) is 50.8 Å². The summed E-state index contributed by atoms with van der Waals surface area (Å²) < 4.78 is 11.7. The van der Waals surface area contributed by atoms with Crippen LogP contribution in [0.25, 0.3) is 0 Å². The molecule has 1 heterocycles. The predicted molar refractivity (Wildman–Crippen MR) is 168 cm³/mol. The monoisotopic (exact) mass is 670 g/mol. The fourth-order valence-corrected chi connectivity index (χ4v) is 10.6. The lowest BCUT2D eigenvalue weighted by Crippen LogP contribution is -2.63. The van der Waals surface area contributed by atoms with E-state index in [2.05, 4.69) is 0 Å². The van der Waals surface area contributed by atoms with Gasteiger partial charge >= 0.3 is 0 Å². The van der Waals surface area contributed by atoms with Crippen LogP contribution in [0.3, 0.4) is 0 Å². The molecular weight excluding hydrogens is 612 g/mol. The van der Waals surface area contributed by atoms with Gasteiger partial charge in [0.1, 0.15) is 24.4 Å². The zero-order valence-electron chi connectivity index (χ0n) is 28.6. The SMILES string of the molecule is CCC(CC(O)C(C)(O)C1CCC2(O)C3=CC(=O)C4CC(O)C(O)CC4(C)C3CCC12C)C(C)(C)OC1OC(CO)C(O)C(O)C1O. The van der Waals surface area contributed by atoms with Crippen molar-refractivity contribution in [2.75, 3.05) is 6.61 Å². The Labute approximate surface area is 277 Å². The van der Waals surface area contributed by atoms with Crippen molar-refractivity contribution < 1.29 is 60.2 Å². The van der Waals surface area contributed by atoms with Crippen molar-refractivity contribution in [3.05, 3.63) is 11.6 Å². The van der Waals surface area contributed by atoms with Gasteiger partial charge in [-0.2, -0.15) is 0 Å². The minimum atomic E-state index is -1.64. The summed E-state index contributed by atoms with van der Waals surface area (Å²) in [5.74, 6) is -1.65. The molecule has 0 aromatic carbocycles. The van der Waals surface area contributed by atoms with Crippen molar-refractivity contribution in [2.24, 2.45) is 34.5 Å². The molecule has 0 amide bonds. The average molecular weight is 671 g/mol. The van der Waals surface area contributed by atoms with Crippen molar-refractivity contribution in [1.82, 2.24) is 0 Å². The first-order valence-electron chi connectivity index (χ1n) is 17.4. The number of aliphatic hydroxyl groups is 9. The molecule has 270 valence electrons. The molecule has 0 radical (unpaired) electrons. The van der Waals surface area contributed by atoms with Crippen molar-refractivity contribution >= 4 is 5.78 Å². The maximum Gasteiger partial charge on any atom is 0.187 e. The largest absolute Gasteiger partial charge is 0.394 e. The van der Waals surface area contributed by atoms with Crippen LogP contribution in [-0.2, 0) is 14.3 Å². The van der Waals surface area contributed by atoms with Gasteiger partial charge in [-0.15, -0.1) is 0 Å². The number of rotatable bonds is 9. The molecule has 12 nitrogen and oxygen atoms in total. The quantitative estimate of drug-likeness (QED) is 0.162. The smallest absolute Gasteiger partial charge is 0.187 e. The lowest BCUT2D eigenvalue weighted by Gasteiger charge is -2.60. The van der Waals surface area contributed by atoms with Gasteiger partial charge in [0, 0.05) is 11.3 Å². The Kier molecular flexibility index (Phi) is 10.0. The molecule has 1 saturated heterocycles. The molecule has 12 heteroatoms. The number of allylic oxidation sites excluding steroid dienone is 1. The first-order valence-corrected chi connectivity index (χ1v) is 17.4. The minimum absolute atomic E-state index is 0.0999. The second-order valence-electron chi connectivity index (χ2n) is 16.6. The van der Waals surface area contributed by atoms with E-state index in [1.165, 1.54) is 0 Å². The van der Waals surface area contributed by atoms with E-state index in [4.69, 9.17) is 9.47 Å². The first kappa shape index (κ1) is 37.2. The van der Waals surface area contributed by atoms with Gasteiger partial charge in [-0.05, 0) is 101 Å². The predicted octanol–water partition coefficient (Wildman–Crippen LogP) is 0.314. The van der Waals surface area contributed by atoms with Gasteiger partial charge in [-0.25, -0.2) is 0 Å². The maximum absolute atomic E-state index is 13.5. The maximum atomic E-state index is 13.5. The second-order valence-corrected chi connectivity index (χ2v) is 16.6. The van der Waals surface area contributed by atoms with Crippen molar-refractivity contribution in [3.63, 3.8) is 0 Å². The fraction of sp³-hybridized carbons (Fsp3) is 0.914. The minimum Gasteiger partial charge on any atom is -0.394 e. The molecule has 0 aromatic heterocycles. The van der Waals surface area contributed by atoms with Crippen LogP contribution in [-0.4, -0.2) is 124 Å². The molecule has 0 bridgehead atoms. The van der Waals surface area contributed by atoms with Crippen LogP contribution in [0.2, 0.25) is 0 Å². The molecule has 0 aromatic rings. The van der Waals surface area contributed by atoms with E-state index in [0.29, 0.717) is 37.7 Å². The zero-order chi connectivity index (χ0) is 35.1. The first-order chi connectivity index (χ1) is 21.7. The Morgan fingerprint density at radius 3 is 2.28 bits per heavy atom. The van der Waals surface area contributed by atoms with Crippen LogP contribution in [0.1, 0.15) is 92.9 Å². The van der Waals surface area contributed by atoms with Crippen LogP contribution >= 0.6 is 0 Å². The molecule has 5 rings (SSSR count). The number of hydrogen-bond donors (Lipinski definition) is 9. The lowest BCUT2D eigenvalue weighted by molar-refractivity contribution is -0.329. The van der Waals surface area contributed by atoms with E-state index < -0.39 is 95.1 Å². The summed E-state index contributed by atoms with van der Waals surface area (Å²) in [6.45, 7) is 10.3. The third-order valence-electron chi connectivity index (χ3n) is 13.7. The van der Waals surface area contributed by atoms with Crippen LogP contribution in [0.5, 0.6) is 0 Å². The van der Waals surface area contributed by atoms with Crippen LogP contribution in [0.15, 0.2) is 11.6 Å². The van der Waals surface area contributed by atoms with Crippen molar-refractivity contribution in [2.45, 2.75) is 159 Å². The van der Waals surface area contributed by atoms with Gasteiger partial charge in [-0.3, -0.25) is 4.79 Å². The fourth-order valence-electron chi connectivity index (χ4n) is 10.6. The average Bonchev–Trinajstić information content (AvgIpc) is 3.29. The number of carbonyl (C=O) groups excluding carboxylic acids is 1. The molecule has 3 saturated carbocycles. The summed E-state index contributed by atoms with van der Waals surface area (Å²) in [6, 6.07) is 0. The summed E-state index contributed by atoms with van der Waals surface area (Å²) in [5, 5.41) is 97.9. The van der Waals surface area contributed by atoms with Gasteiger partial charge in [0.05, 0.1) is 41.7 Å². The van der Waals surface area contributed by atoms with Crippen LogP contribution in [0.4, 0.5) is 0 Å². The summed E-state index contributed by atoms with van der Waals surface area (Å²) in [4.78, 5) is 13.5. The van der Waals surface area contributed by atoms with E-state index in [-0.39, 0.29) is 36.9 Å². The molecule has 16 atom stereocenters. The van der Waals surface area contributed by atoms with Gasteiger partial charge in [0.25, 0.3) is 0 Å². The summed E-state index contributed by atoms with van der Waals surface area (Å²) in [6.07, 6.45) is -5.81. The normalized spacial score (nSPS) is 48.1. The third kappa shape index (κ3) is 5.77. The molecule has 1 aliphatic heterocycles. The lowest BCUT2D eigenvalue weighted by atomic mass is 9.45. The Morgan fingerprint density at radius 1 is 1.00 bits per heavy atom. The van der Waals surface area contributed by atoms with Gasteiger partial charge < -0.3 is 55.4 Å². The number of carbonyl (C=O) groups is 1. The topological polar surface area (TPSA) is 218 Å². The Balaban J connectivity index is 1.35. The van der Waals surface area contributed by atoms with Crippen molar-refractivity contribution in [1.29, 1.82) is 0 Å². The van der Waals surface area contributed by atoms with Crippen LogP contribution in [0, 0.1) is 34.5 Å². The van der Waals surface area contributed by atoms with Crippen molar-refractivity contribution in [3.8, 4) is 0 Å². The van der Waals surface area contributed by atoms with Crippen LogP contribution < -0.4 is 0 Å². The molecule has 0 spiro atoms. The van der Waals surface area contributed by atoms with Gasteiger partial charge in [0.2, 0.25) is 0 Å². The molecule has 4 fully saturated rings. The highest BCUT2D eigenvalue weighted by molar-refractivity contribution is 5.95. The van der Waals surface area contributed by atoms with Gasteiger partial charge in [0.15, 0.2) is 12.1 Å². The molecule has 4 aliphatic carbocycles. The molecular formula is C35H58O12. The highest BCUT2D eigenvalue weighted by Gasteiger charge is 2.69. The summed E-state index contributed by atoms with van der Waals surface area (Å²) in [5.41, 5.74) is -4.92. The Hall–Kier alpha value is -1.03. The van der Waals surface area contributed by atoms with Gasteiger partial charge in [-0.1, -0.05) is 27.2 Å². The number of aliphatic hydroxyl groups excluding tert-OH is 7. The second kappa shape index (κ2) is 12.6. The number of hydrogen-bond acceptors (Lipinski definition) is 12. The highest BCUT2D eigenvalue weighted by atomic mass is 16.7. The van der Waals surface area contributed by atoms with E-state index in [1.54, 1.807) is 26.8 Å². The van der Waals surface area contributed by atoms with E-state index >= 15 is 0 Å². The molecule has 16 unspecified atom stereocenters. The number of fused-ring (bicyclic) bond motifs is 5. The zero-order valence-corrected chi connectivity index (χ0v) is 28.6. The Bertz CT molecular complexity index is 1200. The third-order valence-corrected chi connectivity index (χ3v) is 13.7. The van der Waals surface area contributed by atoms with E-state index in [1.807, 2.05) is 20.8 Å². The summed E-state index contributed by atoms with van der Waals surface area (Å²) >= 11 is 0. The Morgan fingerprint density at radius 2 is 1.66 bits per heavy atom. The molecule has 5 aliphatic rings. The molecule has 47 heavy (non-hydrogen) atoms. The summed E-state index contributed by atoms with van der Waals surface area (Å²) in [7, 11) is 0. The highest BCUT2D eigenvalue weighted by Crippen LogP contribution is 2.68. The number of ketones is 1. The molecule has 9 N–H and O–H groups in total. The number of ether oxygens (including phenoxy) is 2. The van der Waals surface area contributed by atoms with E-state index in [0.717, 1.165) is 0 Å². The standard InChI is InChI=1S/C35H58O12/c1-7-17(31(2,3)47-30-29(43)28(42)27(41)24(16-36)46-30)12-26(40)34(6,44)25-9-11-35(45)19-13-21(37)20-14-22(38)23(39)15-32(20,4)18(19)8-10-33(25,35)5/h13,17-18,20,22-30,36,38-45H,7-12,14-16H2,1-6H3.